The fourth-order valence-electron chi connectivity index (χ4n) is 2.32. The molecule has 0 spiro atoms. The zero-order valence-electron chi connectivity index (χ0n) is 13.9. The van der Waals surface area contributed by atoms with Crippen LogP contribution in [0.2, 0.25) is 0 Å². The Labute approximate surface area is 129 Å². The molecule has 0 saturated carbocycles. The summed E-state index contributed by atoms with van der Waals surface area (Å²) in [4.78, 5) is 0. The van der Waals surface area contributed by atoms with Crippen molar-refractivity contribution in [3.05, 3.63) is 35.6 Å². The first-order chi connectivity index (χ1) is 9.92. The second-order valence-corrected chi connectivity index (χ2v) is 6.63. The molecule has 21 heavy (non-hydrogen) atoms. The van der Waals surface area contributed by atoms with Crippen molar-refractivity contribution in [2.24, 2.45) is 5.92 Å². The molecule has 1 rings (SSSR count). The van der Waals surface area contributed by atoms with E-state index in [4.69, 9.17) is 4.74 Å². The van der Waals surface area contributed by atoms with Crippen LogP contribution in [0.3, 0.4) is 0 Å². The van der Waals surface area contributed by atoms with Crippen molar-refractivity contribution in [2.45, 2.75) is 52.5 Å². The van der Waals surface area contributed by atoms with Crippen molar-refractivity contribution in [2.75, 3.05) is 19.8 Å². The summed E-state index contributed by atoms with van der Waals surface area (Å²) in [6.07, 6.45) is 2.86. The Balaban J connectivity index is 2.56. The minimum Gasteiger partial charge on any atom is -0.382 e. The number of ether oxygens (including phenoxy) is 1. The Morgan fingerprint density at radius 2 is 1.95 bits per heavy atom. The molecule has 120 valence electrons. The molecule has 0 aliphatic heterocycles. The Kier molecular flexibility index (Phi) is 7.91. The highest BCUT2D eigenvalue weighted by Gasteiger charge is 2.16. The average molecular weight is 295 g/mol. The standard InChI is InChI=1S/C18H30FNO/c1-5-21-12-8-9-15(14-20-18(2,3)4)13-16-10-6-7-11-17(16)19/h6-7,10-11,15,20H,5,8-9,12-14H2,1-4H3. The van der Waals surface area contributed by atoms with Gasteiger partial charge in [-0.05, 0) is 71.0 Å². The highest BCUT2D eigenvalue weighted by atomic mass is 19.1. The second kappa shape index (κ2) is 9.16. The predicted octanol–water partition coefficient (Wildman–Crippen LogP) is 4.19. The molecule has 0 bridgehead atoms. The van der Waals surface area contributed by atoms with E-state index >= 15 is 0 Å². The maximum absolute atomic E-state index is 13.8. The number of hydrogen-bond donors (Lipinski definition) is 1. The largest absolute Gasteiger partial charge is 0.382 e. The Morgan fingerprint density at radius 3 is 2.57 bits per heavy atom. The number of hydrogen-bond acceptors (Lipinski definition) is 2. The van der Waals surface area contributed by atoms with Gasteiger partial charge in [0.15, 0.2) is 0 Å². The lowest BCUT2D eigenvalue weighted by Gasteiger charge is -2.25. The molecule has 0 radical (unpaired) electrons. The van der Waals surface area contributed by atoms with Gasteiger partial charge in [0.25, 0.3) is 0 Å². The molecule has 0 saturated heterocycles. The first kappa shape index (κ1) is 18.1. The van der Waals surface area contributed by atoms with Crippen LogP contribution in [0, 0.1) is 11.7 Å². The Morgan fingerprint density at radius 1 is 1.24 bits per heavy atom. The fraction of sp³-hybridized carbons (Fsp3) is 0.667. The molecule has 0 amide bonds. The predicted molar refractivity (Wildman–Crippen MR) is 87.1 cm³/mol. The maximum Gasteiger partial charge on any atom is 0.126 e. The van der Waals surface area contributed by atoms with Gasteiger partial charge in [0.1, 0.15) is 5.82 Å². The van der Waals surface area contributed by atoms with Crippen LogP contribution in [0.1, 0.15) is 46.1 Å². The third-order valence-corrected chi connectivity index (χ3v) is 3.49. The zero-order valence-corrected chi connectivity index (χ0v) is 13.9. The van der Waals surface area contributed by atoms with Crippen LogP contribution in [-0.4, -0.2) is 25.3 Å². The molecule has 0 aromatic heterocycles. The third-order valence-electron chi connectivity index (χ3n) is 3.49. The molecular weight excluding hydrogens is 265 g/mol. The lowest BCUT2D eigenvalue weighted by Crippen LogP contribution is -2.39. The summed E-state index contributed by atoms with van der Waals surface area (Å²) in [5.74, 6) is 0.338. The van der Waals surface area contributed by atoms with Crippen LogP contribution in [-0.2, 0) is 11.2 Å². The second-order valence-electron chi connectivity index (χ2n) is 6.63. The van der Waals surface area contributed by atoms with E-state index in [1.807, 2.05) is 19.1 Å². The highest BCUT2D eigenvalue weighted by molar-refractivity contribution is 5.17. The van der Waals surface area contributed by atoms with Crippen LogP contribution in [0.5, 0.6) is 0 Å². The monoisotopic (exact) mass is 295 g/mol. The normalized spacial score (nSPS) is 13.4. The summed E-state index contributed by atoms with van der Waals surface area (Å²) < 4.78 is 19.2. The molecule has 2 nitrogen and oxygen atoms in total. The molecule has 1 atom stereocenters. The van der Waals surface area contributed by atoms with Gasteiger partial charge in [0, 0.05) is 18.8 Å². The molecule has 1 aromatic carbocycles. The quantitative estimate of drug-likeness (QED) is 0.690. The van der Waals surface area contributed by atoms with E-state index < -0.39 is 0 Å². The Hall–Kier alpha value is -0.930. The van der Waals surface area contributed by atoms with Crippen LogP contribution in [0.25, 0.3) is 0 Å². The van der Waals surface area contributed by atoms with Gasteiger partial charge in [-0.1, -0.05) is 18.2 Å². The lowest BCUT2D eigenvalue weighted by atomic mass is 9.93. The molecule has 0 aliphatic carbocycles. The summed E-state index contributed by atoms with van der Waals surface area (Å²) in [7, 11) is 0. The van der Waals surface area contributed by atoms with E-state index in [0.717, 1.165) is 44.6 Å². The van der Waals surface area contributed by atoms with Crippen molar-refractivity contribution < 1.29 is 9.13 Å². The van der Waals surface area contributed by atoms with Gasteiger partial charge in [-0.25, -0.2) is 4.39 Å². The van der Waals surface area contributed by atoms with Gasteiger partial charge in [-0.15, -0.1) is 0 Å². The van der Waals surface area contributed by atoms with Crippen LogP contribution in [0.4, 0.5) is 4.39 Å². The zero-order chi connectivity index (χ0) is 15.7. The third kappa shape index (κ3) is 8.18. The van der Waals surface area contributed by atoms with Gasteiger partial charge in [0.05, 0.1) is 0 Å². The van der Waals surface area contributed by atoms with Crippen molar-refractivity contribution in [3.63, 3.8) is 0 Å². The van der Waals surface area contributed by atoms with Crippen molar-refractivity contribution >= 4 is 0 Å². The van der Waals surface area contributed by atoms with Gasteiger partial charge in [-0.3, -0.25) is 0 Å². The van der Waals surface area contributed by atoms with Crippen LogP contribution >= 0.6 is 0 Å². The number of halogens is 1. The van der Waals surface area contributed by atoms with E-state index in [9.17, 15) is 4.39 Å². The average Bonchev–Trinajstić information content (AvgIpc) is 2.42. The fourth-order valence-corrected chi connectivity index (χ4v) is 2.32. The van der Waals surface area contributed by atoms with E-state index in [1.54, 1.807) is 12.1 Å². The summed E-state index contributed by atoms with van der Waals surface area (Å²) in [6.45, 7) is 11.0. The number of benzene rings is 1. The van der Waals surface area contributed by atoms with Gasteiger partial charge in [0.2, 0.25) is 0 Å². The van der Waals surface area contributed by atoms with Gasteiger partial charge >= 0.3 is 0 Å². The summed E-state index contributed by atoms with van der Waals surface area (Å²) in [5.41, 5.74) is 0.905. The molecule has 0 fully saturated rings. The molecule has 0 aliphatic rings. The van der Waals surface area contributed by atoms with Gasteiger partial charge < -0.3 is 10.1 Å². The van der Waals surface area contributed by atoms with E-state index in [0.29, 0.717) is 5.92 Å². The van der Waals surface area contributed by atoms with E-state index in [2.05, 4.69) is 26.1 Å². The molecule has 1 N–H and O–H groups in total. The molecular formula is C18H30FNO. The smallest absolute Gasteiger partial charge is 0.126 e. The minimum absolute atomic E-state index is 0.0907. The minimum atomic E-state index is -0.0944. The summed E-state index contributed by atoms with van der Waals surface area (Å²) >= 11 is 0. The van der Waals surface area contributed by atoms with E-state index in [-0.39, 0.29) is 11.4 Å². The molecule has 0 heterocycles. The summed E-state index contributed by atoms with van der Waals surface area (Å²) in [5, 5.41) is 3.54. The highest BCUT2D eigenvalue weighted by Crippen LogP contribution is 2.17. The first-order valence-electron chi connectivity index (χ1n) is 7.98. The topological polar surface area (TPSA) is 21.3 Å². The maximum atomic E-state index is 13.8. The molecule has 1 unspecified atom stereocenters. The molecule has 3 heteroatoms. The van der Waals surface area contributed by atoms with Crippen LogP contribution < -0.4 is 5.32 Å². The molecule has 1 aromatic rings. The number of nitrogens with one attached hydrogen (secondary N) is 1. The van der Waals surface area contributed by atoms with Gasteiger partial charge in [-0.2, -0.15) is 0 Å². The lowest BCUT2D eigenvalue weighted by molar-refractivity contribution is 0.138. The number of rotatable bonds is 9. The van der Waals surface area contributed by atoms with E-state index in [1.165, 1.54) is 0 Å². The van der Waals surface area contributed by atoms with Crippen molar-refractivity contribution in [3.8, 4) is 0 Å². The first-order valence-corrected chi connectivity index (χ1v) is 7.98. The van der Waals surface area contributed by atoms with Crippen molar-refractivity contribution in [1.82, 2.24) is 5.32 Å². The SMILES string of the molecule is CCOCCCC(CNC(C)(C)C)Cc1ccccc1F. The summed E-state index contributed by atoms with van der Waals surface area (Å²) in [6, 6.07) is 7.09. The van der Waals surface area contributed by atoms with Crippen molar-refractivity contribution in [1.29, 1.82) is 0 Å². The van der Waals surface area contributed by atoms with Crippen LogP contribution in [0.15, 0.2) is 24.3 Å². The Bertz CT molecular complexity index is 400.